The third-order valence-electron chi connectivity index (χ3n) is 4.13. The molecule has 0 unspecified atom stereocenters. The van der Waals surface area contributed by atoms with Crippen LogP contribution in [0.5, 0.6) is 5.75 Å². The molecule has 3 aromatic carbocycles. The number of esters is 1. The number of nitrogens with one attached hydrogen (secondary N) is 1. The number of halogens is 9. The van der Waals surface area contributed by atoms with Crippen molar-refractivity contribution in [2.45, 2.75) is 20.8 Å². The number of benzene rings is 3. The first-order chi connectivity index (χ1) is 15.9. The first kappa shape index (κ1) is 26.9. The maximum atomic E-state index is 14.5. The molecular weight excluding hydrogens is 498 g/mol. The minimum absolute atomic E-state index is 0.443. The van der Waals surface area contributed by atoms with Gasteiger partial charge in [-0.05, 0) is 30.7 Å². The van der Waals surface area contributed by atoms with Gasteiger partial charge in [-0.15, -0.1) is 0 Å². The van der Waals surface area contributed by atoms with E-state index in [0.29, 0.717) is 11.6 Å². The van der Waals surface area contributed by atoms with E-state index in [1.54, 1.807) is 0 Å². The number of carbonyl (C=O) groups excluding carboxylic acids is 1. The zero-order valence-electron chi connectivity index (χ0n) is 17.5. The number of aryl methyl sites for hydroxylation is 1. The van der Waals surface area contributed by atoms with Crippen LogP contribution in [-0.4, -0.2) is 5.97 Å². The monoisotopic (exact) mass is 511 g/mol. The minimum atomic E-state index is -2.51. The highest BCUT2D eigenvalue weighted by Gasteiger charge is 2.31. The van der Waals surface area contributed by atoms with Crippen LogP contribution in [0, 0.1) is 53.5 Å². The molecule has 0 aliphatic rings. The number of hydrogen-bond acceptors (Lipinski definition) is 3. The Morgan fingerprint density at radius 2 is 1.32 bits per heavy atom. The third-order valence-corrected chi connectivity index (χ3v) is 4.41. The van der Waals surface area contributed by atoms with Gasteiger partial charge in [0.15, 0.2) is 11.6 Å². The molecule has 0 amide bonds. The van der Waals surface area contributed by atoms with Gasteiger partial charge in [-0.25, -0.2) is 31.1 Å². The summed E-state index contributed by atoms with van der Waals surface area (Å²) >= 11 is 5.48. The van der Waals surface area contributed by atoms with Crippen LogP contribution in [-0.2, 0) is 0 Å². The summed E-state index contributed by atoms with van der Waals surface area (Å²) in [5, 5.41) is 1.10. The standard InChI is InChI=1S/C20H8ClF8NO2.C2H6/c1-6-2-3-10(9(22)4-6)30-18-7(5-8(21)11(23)15(18)27)20(31)32-19-16(28)13(25)12(24)14(26)17(19)29;1-2/h2-5,30H,1H3;1-2H3. The van der Waals surface area contributed by atoms with Crippen LogP contribution in [0.2, 0.25) is 5.02 Å². The van der Waals surface area contributed by atoms with Crippen molar-refractivity contribution in [3.8, 4) is 5.75 Å². The molecule has 0 heterocycles. The van der Waals surface area contributed by atoms with E-state index < -0.39 is 80.2 Å². The Bertz CT molecular complexity index is 1240. The van der Waals surface area contributed by atoms with Crippen molar-refractivity contribution in [2.75, 3.05) is 5.32 Å². The predicted molar refractivity (Wildman–Crippen MR) is 108 cm³/mol. The van der Waals surface area contributed by atoms with Crippen LogP contribution in [0.15, 0.2) is 24.3 Å². The molecule has 0 bridgehead atoms. The van der Waals surface area contributed by atoms with Gasteiger partial charge >= 0.3 is 5.97 Å². The molecule has 1 N–H and O–H groups in total. The van der Waals surface area contributed by atoms with Crippen LogP contribution in [0.4, 0.5) is 46.5 Å². The summed E-state index contributed by atoms with van der Waals surface area (Å²) in [6.45, 7) is 5.53. The zero-order valence-corrected chi connectivity index (χ0v) is 18.3. The van der Waals surface area contributed by atoms with E-state index in [0.717, 1.165) is 12.1 Å². The van der Waals surface area contributed by atoms with E-state index in [-0.39, 0.29) is 0 Å². The zero-order chi connectivity index (χ0) is 25.9. The summed E-state index contributed by atoms with van der Waals surface area (Å²) in [5.74, 6) is -20.6. The van der Waals surface area contributed by atoms with Crippen molar-refractivity contribution in [1.29, 1.82) is 0 Å². The molecule has 0 radical (unpaired) electrons. The molecule has 0 aliphatic heterocycles. The molecule has 3 rings (SSSR count). The number of carbonyl (C=O) groups is 1. The lowest BCUT2D eigenvalue weighted by Crippen LogP contribution is -2.16. The van der Waals surface area contributed by atoms with E-state index in [4.69, 9.17) is 11.6 Å². The SMILES string of the molecule is CC.Cc1ccc(Nc2c(C(=O)Oc3c(F)c(F)c(F)c(F)c3F)cc(Cl)c(F)c2F)c(F)c1. The normalized spacial score (nSPS) is 10.5. The van der Waals surface area contributed by atoms with Crippen molar-refractivity contribution in [2.24, 2.45) is 0 Å². The minimum Gasteiger partial charge on any atom is -0.416 e. The average Bonchev–Trinajstić information content (AvgIpc) is 2.82. The van der Waals surface area contributed by atoms with Crippen LogP contribution in [0.25, 0.3) is 0 Å². The highest BCUT2D eigenvalue weighted by atomic mass is 35.5. The Hall–Kier alpha value is -3.34. The molecule has 0 saturated carbocycles. The Morgan fingerprint density at radius 1 is 0.794 bits per heavy atom. The van der Waals surface area contributed by atoms with Gasteiger partial charge in [-0.2, -0.15) is 8.78 Å². The quantitative estimate of drug-likeness (QED) is 0.128. The smallest absolute Gasteiger partial charge is 0.346 e. The molecule has 0 aliphatic carbocycles. The lowest BCUT2D eigenvalue weighted by molar-refractivity contribution is 0.0716. The van der Waals surface area contributed by atoms with Crippen LogP contribution >= 0.6 is 11.6 Å². The molecule has 3 aromatic rings. The van der Waals surface area contributed by atoms with Gasteiger partial charge in [-0.1, -0.05) is 31.5 Å². The van der Waals surface area contributed by atoms with Crippen molar-refractivity contribution >= 4 is 28.9 Å². The van der Waals surface area contributed by atoms with E-state index >= 15 is 0 Å². The Labute approximate surface area is 192 Å². The van der Waals surface area contributed by atoms with Gasteiger partial charge in [0.25, 0.3) is 0 Å². The fourth-order valence-electron chi connectivity index (χ4n) is 2.56. The summed E-state index contributed by atoms with van der Waals surface area (Å²) in [5.41, 5.74) is -2.08. The second-order valence-corrected chi connectivity index (χ2v) is 6.71. The van der Waals surface area contributed by atoms with Gasteiger partial charge < -0.3 is 10.1 Å². The number of ether oxygens (including phenoxy) is 1. The van der Waals surface area contributed by atoms with Gasteiger partial charge in [-0.3, -0.25) is 0 Å². The topological polar surface area (TPSA) is 38.3 Å². The van der Waals surface area contributed by atoms with Gasteiger partial charge in [0, 0.05) is 0 Å². The molecule has 0 fully saturated rings. The molecule has 12 heteroatoms. The van der Waals surface area contributed by atoms with Crippen LogP contribution in [0.1, 0.15) is 29.8 Å². The summed E-state index contributed by atoms with van der Waals surface area (Å²) in [6.07, 6.45) is 0. The molecule has 0 atom stereocenters. The lowest BCUT2D eigenvalue weighted by Gasteiger charge is -2.15. The maximum absolute atomic E-state index is 14.5. The summed E-state index contributed by atoms with van der Waals surface area (Å²) < 4.78 is 114. The molecule has 182 valence electrons. The third kappa shape index (κ3) is 5.09. The van der Waals surface area contributed by atoms with E-state index in [1.165, 1.54) is 13.0 Å². The largest absolute Gasteiger partial charge is 0.416 e. The molecule has 0 aromatic heterocycles. The Balaban J connectivity index is 0.00000199. The van der Waals surface area contributed by atoms with Crippen molar-refractivity contribution < 1.29 is 44.7 Å². The average molecular weight is 512 g/mol. The van der Waals surface area contributed by atoms with Crippen molar-refractivity contribution in [3.05, 3.63) is 87.0 Å². The van der Waals surface area contributed by atoms with Crippen molar-refractivity contribution in [3.63, 3.8) is 0 Å². The van der Waals surface area contributed by atoms with E-state index in [1.807, 2.05) is 13.8 Å². The first-order valence-electron chi connectivity index (χ1n) is 9.38. The second kappa shape index (κ2) is 10.7. The fraction of sp³-hybridized carbons (Fsp3) is 0.136. The van der Waals surface area contributed by atoms with Gasteiger partial charge in [0.1, 0.15) is 5.82 Å². The van der Waals surface area contributed by atoms with Crippen molar-refractivity contribution in [1.82, 2.24) is 0 Å². The van der Waals surface area contributed by atoms with E-state index in [9.17, 15) is 39.9 Å². The van der Waals surface area contributed by atoms with Crippen LogP contribution < -0.4 is 10.1 Å². The summed E-state index contributed by atoms with van der Waals surface area (Å²) in [4.78, 5) is 12.4. The molecule has 0 spiro atoms. The number of anilines is 2. The molecule has 3 nitrogen and oxygen atoms in total. The van der Waals surface area contributed by atoms with Crippen LogP contribution in [0.3, 0.4) is 0 Å². The lowest BCUT2D eigenvalue weighted by atomic mass is 10.1. The summed E-state index contributed by atoms with van der Waals surface area (Å²) in [7, 11) is 0. The molecular formula is C22H14ClF8NO2. The Kier molecular flexibility index (Phi) is 8.49. The molecule has 0 saturated heterocycles. The maximum Gasteiger partial charge on any atom is 0.346 e. The fourth-order valence-corrected chi connectivity index (χ4v) is 2.75. The van der Waals surface area contributed by atoms with E-state index in [2.05, 4.69) is 10.1 Å². The number of rotatable bonds is 4. The molecule has 34 heavy (non-hydrogen) atoms. The highest BCUT2D eigenvalue weighted by Crippen LogP contribution is 2.34. The Morgan fingerprint density at radius 3 is 1.85 bits per heavy atom. The van der Waals surface area contributed by atoms with Gasteiger partial charge in [0.2, 0.25) is 34.8 Å². The first-order valence-corrected chi connectivity index (χ1v) is 9.76. The van der Waals surface area contributed by atoms with Gasteiger partial charge in [0.05, 0.1) is 22.0 Å². The highest BCUT2D eigenvalue weighted by molar-refractivity contribution is 6.31. The summed E-state index contributed by atoms with van der Waals surface area (Å²) in [6, 6.07) is 3.96. The predicted octanol–water partition coefficient (Wildman–Crippen LogP) is 7.75. The second-order valence-electron chi connectivity index (χ2n) is 6.31. The number of hydrogen-bond donors (Lipinski definition) is 1.